The minimum Gasteiger partial charge on any atom is -0.391 e. The van der Waals surface area contributed by atoms with Crippen molar-refractivity contribution in [3.63, 3.8) is 0 Å². The summed E-state index contributed by atoms with van der Waals surface area (Å²) in [4.78, 5) is 89.2. The molecule has 12 rings (SSSR count). The van der Waals surface area contributed by atoms with Crippen molar-refractivity contribution >= 4 is 95.0 Å². The average Bonchev–Trinajstić information content (AvgIpc) is 1.57. The number of carbonyl (C=O) groups is 5. The average molecular weight is 1600 g/mol. The second-order valence-electron chi connectivity index (χ2n) is 32.9. The van der Waals surface area contributed by atoms with E-state index in [0.29, 0.717) is 49.1 Å². The number of ether oxygens (including phenoxy) is 1. The molecule has 3 N–H and O–H groups in total. The second-order valence-corrected chi connectivity index (χ2v) is 39.2. The Balaban J connectivity index is 0.580. The van der Waals surface area contributed by atoms with Crippen LogP contribution in [-0.2, 0) is 50.0 Å². The number of amides is 4. The number of hydrogen-bond donors (Lipinski definition) is 3. The molecule has 4 amide bonds. The van der Waals surface area contributed by atoms with E-state index in [9.17, 15) is 45.9 Å². The third-order valence-corrected chi connectivity index (χ3v) is 28.5. The van der Waals surface area contributed by atoms with Gasteiger partial charge in [0.15, 0.2) is 25.5 Å². The molecule has 5 saturated heterocycles. The number of aliphatic hydroxyl groups is 1. The Hall–Kier alpha value is -6.84. The number of β-amino-alcohol motifs (C(OH)–C–C–N with tert-alkyl or cyclic N) is 1. The van der Waals surface area contributed by atoms with E-state index in [-0.39, 0.29) is 75.9 Å². The number of benzene rings is 5. The standard InChI is InChI=1S/C85H110ClN9O11S4/c1-58(61-19-21-64(22-20-61)80-59(2)87-57-108-80)88-82(100)75-47-71(96)53-95(75)83(101)81(84(3,4)5)89-78(98)17-13-8-9-14-18-79(99)94-52-69-46-70(94)51-93(69)56-85(6)35-33-74(62-23-28-67(86)29-24-62)66(49-85)50-91-37-39-92(40-38-91)68-30-25-63(26-31-68)76(97)55-110(104,105)73-32-27-65(77(48-73)109(7,102)103)45-60(34-36-90-41-43-106-44-42-90)54-107-72-15-11-10-12-16-72/h10-12,15-16,19-32,48,57-58,60,69-71,75,81,96H,8-9,13-14,17-18,33-47,49-56H2,1-7H3,(H,88,100)(H,89,98)/t58-,60-,69-,70-,71+,75-,81+,85?/m0/s1. The molecule has 6 aliphatic rings. The first-order chi connectivity index (χ1) is 52.5. The van der Waals surface area contributed by atoms with Crippen molar-refractivity contribution < 1.29 is 50.7 Å². The molecule has 5 fully saturated rings. The van der Waals surface area contributed by atoms with Gasteiger partial charge in [-0.2, -0.15) is 0 Å². The largest absolute Gasteiger partial charge is 0.391 e. The fraction of sp³-hybridized carbons (Fsp3) is 0.529. The van der Waals surface area contributed by atoms with Gasteiger partial charge < -0.3 is 35.2 Å². The van der Waals surface area contributed by atoms with Gasteiger partial charge in [0.25, 0.3) is 0 Å². The van der Waals surface area contributed by atoms with Gasteiger partial charge in [-0.05, 0) is 177 Å². The van der Waals surface area contributed by atoms with Gasteiger partial charge in [-0.3, -0.25) is 38.7 Å². The molecule has 5 aliphatic heterocycles. The lowest BCUT2D eigenvalue weighted by Gasteiger charge is -2.44. The zero-order valence-corrected chi connectivity index (χ0v) is 68.9. The molecule has 25 heteroatoms. The molecular formula is C85H110ClN9O11S4. The van der Waals surface area contributed by atoms with Crippen molar-refractivity contribution in [2.45, 2.75) is 176 Å². The van der Waals surface area contributed by atoms with E-state index in [0.717, 1.165) is 168 Å². The normalized spacial score (nSPS) is 21.8. The summed E-state index contributed by atoms with van der Waals surface area (Å²) >= 11 is 9.74. The zero-order valence-electron chi connectivity index (χ0n) is 64.8. The van der Waals surface area contributed by atoms with E-state index < -0.39 is 60.7 Å². The van der Waals surface area contributed by atoms with E-state index in [2.05, 4.69) is 71.3 Å². The summed E-state index contributed by atoms with van der Waals surface area (Å²) in [5.41, 5.74) is 9.90. The van der Waals surface area contributed by atoms with E-state index in [1.54, 1.807) is 41.3 Å². The van der Waals surface area contributed by atoms with Gasteiger partial charge >= 0.3 is 0 Å². The lowest BCUT2D eigenvalue weighted by atomic mass is 9.71. The summed E-state index contributed by atoms with van der Waals surface area (Å²) in [5.74, 6) is -1.31. The summed E-state index contributed by atoms with van der Waals surface area (Å²) < 4.78 is 60.5. The second kappa shape index (κ2) is 36.5. The van der Waals surface area contributed by atoms with Crippen LogP contribution in [0.5, 0.6) is 0 Å². The molecule has 0 saturated carbocycles. The Labute approximate surface area is 664 Å². The molecule has 1 aliphatic carbocycles. The van der Waals surface area contributed by atoms with Gasteiger partial charge in [-0.1, -0.05) is 118 Å². The Kier molecular flexibility index (Phi) is 27.4. The Morgan fingerprint density at radius 3 is 2.15 bits per heavy atom. The van der Waals surface area contributed by atoms with Gasteiger partial charge in [0.05, 0.1) is 51.2 Å². The number of morpholine rings is 1. The number of nitrogens with zero attached hydrogens (tertiary/aromatic N) is 7. The van der Waals surface area contributed by atoms with Crippen LogP contribution in [0.2, 0.25) is 5.02 Å². The molecular weight excluding hydrogens is 1490 g/mol. The number of thioether (sulfide) groups is 1. The first-order valence-electron chi connectivity index (χ1n) is 39.3. The SMILES string of the molecule is Cc1ncsc1-c1ccc([C@H](C)NC(=O)[C@@H]2C[C@@H](O)CN2C(=O)[C@@H](NC(=O)CCCCCCC(=O)N2C[C@@H]3C[C@H]2CN3CC2(C)CCC(c3ccc(Cl)cc3)=C(CN3CCN(c4ccc(C(=O)CS(=O)(=O)c5ccc(C[C@H](CCN6CCOCC6)CSc6ccccc6)c(S(C)(=O)=O)c5)cc4)CC3)C2)C(C)(C)C)cc1. The number of anilines is 1. The molecule has 5 aromatic carbocycles. The topological polar surface area (TPSA) is 239 Å². The Morgan fingerprint density at radius 1 is 0.782 bits per heavy atom. The molecule has 8 atom stereocenters. The first kappa shape index (κ1) is 82.6. The molecule has 20 nitrogen and oxygen atoms in total. The van der Waals surface area contributed by atoms with Crippen LogP contribution in [0.25, 0.3) is 16.0 Å². The third-order valence-electron chi connectivity index (χ3n) is 23.3. The van der Waals surface area contributed by atoms with Crippen LogP contribution in [0.4, 0.5) is 5.69 Å². The van der Waals surface area contributed by atoms with Gasteiger partial charge in [-0.15, -0.1) is 23.1 Å². The van der Waals surface area contributed by atoms with Crippen molar-refractivity contribution in [1.29, 1.82) is 0 Å². The van der Waals surface area contributed by atoms with Crippen LogP contribution in [0.1, 0.15) is 150 Å². The van der Waals surface area contributed by atoms with Gasteiger partial charge in [0.1, 0.15) is 17.8 Å². The maximum Gasteiger partial charge on any atom is 0.246 e. The number of nitrogens with one attached hydrogen (secondary N) is 2. The van der Waals surface area contributed by atoms with Crippen molar-refractivity contribution in [2.75, 3.05) is 114 Å². The number of unbranched alkanes of at least 4 members (excludes halogenated alkanes) is 3. The Bertz CT molecular complexity index is 4470. The highest BCUT2D eigenvalue weighted by Gasteiger charge is 2.48. The van der Waals surface area contributed by atoms with Crippen molar-refractivity contribution in [1.82, 2.24) is 40.1 Å². The van der Waals surface area contributed by atoms with Crippen LogP contribution in [-0.4, -0.2) is 221 Å². The smallest absolute Gasteiger partial charge is 0.246 e. The number of aliphatic hydroxyl groups excluding tert-OH is 1. The zero-order chi connectivity index (χ0) is 78.1. The number of carbonyl (C=O) groups excluding carboxylic acids is 5. The molecule has 6 heterocycles. The molecule has 6 aromatic rings. The first-order valence-corrected chi connectivity index (χ1v) is 45.0. The quantitative estimate of drug-likeness (QED) is 0.0202. The summed E-state index contributed by atoms with van der Waals surface area (Å²) in [7, 11) is -8.07. The monoisotopic (exact) mass is 1600 g/mol. The summed E-state index contributed by atoms with van der Waals surface area (Å²) in [6.07, 6.45) is 9.12. The minimum atomic E-state index is -4.22. The van der Waals surface area contributed by atoms with Crippen molar-refractivity contribution in [3.8, 4) is 10.4 Å². The lowest BCUT2D eigenvalue weighted by molar-refractivity contribution is -0.144. The lowest BCUT2D eigenvalue weighted by Crippen LogP contribution is -2.57. The number of fused-ring (bicyclic) bond motifs is 2. The number of allylic oxidation sites excluding steroid dienone is 1. The number of ketones is 1. The predicted molar refractivity (Wildman–Crippen MR) is 437 cm³/mol. The highest BCUT2D eigenvalue weighted by atomic mass is 35.5. The minimum absolute atomic E-state index is 0.00556. The van der Waals surface area contributed by atoms with Gasteiger partial charge in [0.2, 0.25) is 23.6 Å². The molecule has 0 radical (unpaired) electrons. The van der Waals surface area contributed by atoms with Crippen LogP contribution < -0.4 is 15.5 Å². The molecule has 592 valence electrons. The van der Waals surface area contributed by atoms with Crippen molar-refractivity contribution in [3.05, 3.63) is 165 Å². The van der Waals surface area contributed by atoms with E-state index >= 15 is 0 Å². The third kappa shape index (κ3) is 21.3. The molecule has 110 heavy (non-hydrogen) atoms. The highest BCUT2D eigenvalue weighted by Crippen LogP contribution is 2.46. The number of Topliss-reactive ketones (excluding diaryl/α,β-unsaturated/α-hetero) is 1. The maximum atomic E-state index is 14.3. The van der Waals surface area contributed by atoms with Crippen LogP contribution >= 0.6 is 34.7 Å². The molecule has 1 unspecified atom stereocenters. The Morgan fingerprint density at radius 2 is 1.48 bits per heavy atom. The predicted octanol–water partition coefficient (Wildman–Crippen LogP) is 12.3. The highest BCUT2D eigenvalue weighted by molar-refractivity contribution is 7.99. The number of likely N-dealkylation sites (tertiary alicyclic amines) is 3. The summed E-state index contributed by atoms with van der Waals surface area (Å²) in [6.45, 7) is 22.4. The fourth-order valence-corrected chi connectivity index (χ4v) is 21.3. The number of thiazole rings is 1. The summed E-state index contributed by atoms with van der Waals surface area (Å²) in [6, 6.07) is 36.1. The van der Waals surface area contributed by atoms with Crippen molar-refractivity contribution in [2.24, 2.45) is 16.7 Å². The van der Waals surface area contributed by atoms with Crippen LogP contribution in [0.3, 0.4) is 0 Å². The molecule has 2 bridgehead atoms. The number of halogens is 1. The van der Waals surface area contributed by atoms with Crippen LogP contribution in [0, 0.1) is 23.7 Å². The summed E-state index contributed by atoms with van der Waals surface area (Å²) in [5, 5.41) is 17.6. The van der Waals surface area contributed by atoms with Gasteiger partial charge in [-0.25, -0.2) is 21.8 Å². The van der Waals surface area contributed by atoms with E-state index in [1.165, 1.54) is 33.7 Å². The number of rotatable bonds is 32. The number of hydrogen-bond acceptors (Lipinski definition) is 18. The van der Waals surface area contributed by atoms with Gasteiger partial charge in [0, 0.05) is 137 Å². The number of aromatic nitrogens is 1. The number of sulfone groups is 2. The molecule has 0 spiro atoms. The van der Waals surface area contributed by atoms with E-state index in [1.807, 2.05) is 107 Å². The number of aryl methyl sites for hydroxylation is 1. The number of piperazine rings is 2. The van der Waals surface area contributed by atoms with E-state index in [4.69, 9.17) is 16.3 Å². The fourth-order valence-electron chi connectivity index (χ4n) is 17.0. The molecule has 1 aromatic heterocycles. The van der Waals surface area contributed by atoms with Crippen LogP contribution in [0.15, 0.2) is 147 Å². The maximum absolute atomic E-state index is 14.3.